The summed E-state index contributed by atoms with van der Waals surface area (Å²) in [5.74, 6) is 0.915. The van der Waals surface area contributed by atoms with E-state index in [0.29, 0.717) is 11.7 Å². The second-order valence-electron chi connectivity index (χ2n) is 5.19. The lowest BCUT2D eigenvalue weighted by molar-refractivity contribution is -0.118. The Kier molecular flexibility index (Phi) is 6.01. The van der Waals surface area contributed by atoms with Gasteiger partial charge in [0.1, 0.15) is 5.75 Å². The van der Waals surface area contributed by atoms with Crippen molar-refractivity contribution in [2.75, 3.05) is 11.9 Å². The molecule has 0 aromatic heterocycles. The Labute approximate surface area is 139 Å². The normalized spacial score (nSPS) is 11.8. The van der Waals surface area contributed by atoms with Gasteiger partial charge in [0.2, 0.25) is 0 Å². The molecule has 1 atom stereocenters. The van der Waals surface area contributed by atoms with Crippen LogP contribution >= 0.6 is 15.9 Å². The number of amides is 1. The zero-order chi connectivity index (χ0) is 15.9. The molecule has 0 saturated heterocycles. The number of ether oxygens (including phenoxy) is 1. The summed E-state index contributed by atoms with van der Waals surface area (Å²) in [6.45, 7) is 4.29. The van der Waals surface area contributed by atoms with Crippen molar-refractivity contribution in [2.24, 2.45) is 0 Å². The first kappa shape index (κ1) is 16.6. The molecule has 0 fully saturated rings. The first-order chi connectivity index (χ1) is 10.6. The van der Waals surface area contributed by atoms with Crippen LogP contribution in [0.3, 0.4) is 0 Å². The molecular weight excluding hydrogens is 342 g/mol. The molecule has 0 heterocycles. The summed E-state index contributed by atoms with van der Waals surface area (Å²) in [6.07, 6.45) is 1.03. The van der Waals surface area contributed by atoms with Crippen LogP contribution in [0, 0.1) is 0 Å². The number of nitrogens with one attached hydrogen (secondary N) is 1. The van der Waals surface area contributed by atoms with Gasteiger partial charge in [0.25, 0.3) is 5.91 Å². The summed E-state index contributed by atoms with van der Waals surface area (Å²) in [4.78, 5) is 12.1. The largest absolute Gasteiger partial charge is 0.484 e. The Bertz CT molecular complexity index is 642. The molecule has 1 amide bonds. The van der Waals surface area contributed by atoms with Crippen LogP contribution in [0.5, 0.6) is 5.75 Å². The maximum absolute atomic E-state index is 12.1. The van der Waals surface area contributed by atoms with Gasteiger partial charge in [-0.25, -0.2) is 0 Å². The predicted molar refractivity (Wildman–Crippen MR) is 93.4 cm³/mol. The summed E-state index contributed by atoms with van der Waals surface area (Å²) < 4.78 is 6.43. The van der Waals surface area contributed by atoms with Crippen LogP contribution in [-0.2, 0) is 4.79 Å². The molecule has 0 aliphatic heterocycles. The van der Waals surface area contributed by atoms with Crippen molar-refractivity contribution in [2.45, 2.75) is 26.2 Å². The Hall–Kier alpha value is -1.81. The lowest BCUT2D eigenvalue weighted by Crippen LogP contribution is -2.21. The number of hydrogen-bond donors (Lipinski definition) is 1. The fraction of sp³-hybridized carbons (Fsp3) is 0.278. The fourth-order valence-corrected chi connectivity index (χ4v) is 2.53. The Morgan fingerprint density at radius 1 is 1.23 bits per heavy atom. The van der Waals surface area contributed by atoms with Crippen molar-refractivity contribution in [1.82, 2.24) is 0 Å². The first-order valence-electron chi connectivity index (χ1n) is 7.37. The van der Waals surface area contributed by atoms with Crippen LogP contribution in [0.25, 0.3) is 0 Å². The molecule has 0 spiro atoms. The van der Waals surface area contributed by atoms with Gasteiger partial charge in [0.15, 0.2) is 6.61 Å². The minimum atomic E-state index is -0.157. The van der Waals surface area contributed by atoms with E-state index in [1.165, 1.54) is 0 Å². The summed E-state index contributed by atoms with van der Waals surface area (Å²) in [7, 11) is 0. The van der Waals surface area contributed by atoms with Crippen molar-refractivity contribution < 1.29 is 9.53 Å². The smallest absolute Gasteiger partial charge is 0.262 e. The molecule has 0 aliphatic rings. The lowest BCUT2D eigenvalue weighted by Gasteiger charge is -2.15. The zero-order valence-corrected chi connectivity index (χ0v) is 14.4. The van der Waals surface area contributed by atoms with Crippen molar-refractivity contribution in [3.8, 4) is 5.75 Å². The van der Waals surface area contributed by atoms with Gasteiger partial charge in [0, 0.05) is 10.2 Å². The molecule has 116 valence electrons. The molecule has 2 rings (SSSR count). The highest BCUT2D eigenvalue weighted by Crippen LogP contribution is 2.26. The highest BCUT2D eigenvalue weighted by atomic mass is 79.9. The third-order valence-corrected chi connectivity index (χ3v) is 4.04. The summed E-state index contributed by atoms with van der Waals surface area (Å²) in [5.41, 5.74) is 2.01. The van der Waals surface area contributed by atoms with Gasteiger partial charge in [-0.15, -0.1) is 0 Å². The second kappa shape index (κ2) is 7.99. The summed E-state index contributed by atoms with van der Waals surface area (Å²) in [5, 5.41) is 2.93. The van der Waals surface area contributed by atoms with Gasteiger partial charge in [-0.3, -0.25) is 4.79 Å². The fourth-order valence-electron chi connectivity index (χ4n) is 2.15. The molecule has 2 aromatic rings. The summed E-state index contributed by atoms with van der Waals surface area (Å²) >= 11 is 3.38. The minimum absolute atomic E-state index is 0.00864. The number of anilines is 1. The highest BCUT2D eigenvalue weighted by molar-refractivity contribution is 9.10. The average Bonchev–Trinajstić information content (AvgIpc) is 2.53. The number of carbonyl (C=O) groups excluding carboxylic acids is 1. The molecule has 3 nitrogen and oxygen atoms in total. The predicted octanol–water partition coefficient (Wildman–Crippen LogP) is 4.98. The topological polar surface area (TPSA) is 38.3 Å². The standard InChI is InChI=1S/C18H20BrNO2/c1-3-13(2)16-9-4-5-10-17(16)20-18(21)12-22-15-8-6-7-14(19)11-15/h4-11,13H,3,12H2,1-2H3,(H,20,21)/t13-/m0/s1. The average molecular weight is 362 g/mol. The SMILES string of the molecule is CC[C@H](C)c1ccccc1NC(=O)COc1cccc(Br)c1. The third kappa shape index (κ3) is 4.60. The lowest BCUT2D eigenvalue weighted by atomic mass is 9.97. The Balaban J connectivity index is 1.98. The number of benzene rings is 2. The van der Waals surface area contributed by atoms with E-state index in [2.05, 4.69) is 41.2 Å². The minimum Gasteiger partial charge on any atom is -0.484 e. The maximum atomic E-state index is 12.1. The van der Waals surface area contributed by atoms with Gasteiger partial charge in [-0.2, -0.15) is 0 Å². The molecular formula is C18H20BrNO2. The van der Waals surface area contributed by atoms with Gasteiger partial charge >= 0.3 is 0 Å². The van der Waals surface area contributed by atoms with E-state index in [9.17, 15) is 4.79 Å². The molecule has 4 heteroatoms. The van der Waals surface area contributed by atoms with Gasteiger partial charge in [-0.1, -0.05) is 54.0 Å². The third-order valence-electron chi connectivity index (χ3n) is 3.54. The van der Waals surface area contributed by atoms with Crippen molar-refractivity contribution in [1.29, 1.82) is 0 Å². The van der Waals surface area contributed by atoms with E-state index >= 15 is 0 Å². The highest BCUT2D eigenvalue weighted by Gasteiger charge is 2.11. The molecule has 0 saturated carbocycles. The molecule has 22 heavy (non-hydrogen) atoms. The quantitative estimate of drug-likeness (QED) is 0.787. The van der Waals surface area contributed by atoms with E-state index in [1.54, 1.807) is 0 Å². The van der Waals surface area contributed by atoms with Crippen LogP contribution in [-0.4, -0.2) is 12.5 Å². The van der Waals surface area contributed by atoms with Crippen molar-refractivity contribution in [3.05, 3.63) is 58.6 Å². The van der Waals surface area contributed by atoms with E-state index in [1.807, 2.05) is 42.5 Å². The van der Waals surface area contributed by atoms with Crippen molar-refractivity contribution in [3.63, 3.8) is 0 Å². The van der Waals surface area contributed by atoms with Gasteiger partial charge in [0.05, 0.1) is 0 Å². The van der Waals surface area contributed by atoms with E-state index in [4.69, 9.17) is 4.74 Å². The van der Waals surface area contributed by atoms with Crippen LogP contribution < -0.4 is 10.1 Å². The molecule has 0 bridgehead atoms. The van der Waals surface area contributed by atoms with E-state index < -0.39 is 0 Å². The number of rotatable bonds is 6. The molecule has 1 N–H and O–H groups in total. The van der Waals surface area contributed by atoms with Crippen LogP contribution in [0.1, 0.15) is 31.7 Å². The van der Waals surface area contributed by atoms with E-state index in [-0.39, 0.29) is 12.5 Å². The molecule has 2 aromatic carbocycles. The zero-order valence-electron chi connectivity index (χ0n) is 12.8. The number of hydrogen-bond acceptors (Lipinski definition) is 2. The Morgan fingerprint density at radius 3 is 2.73 bits per heavy atom. The Morgan fingerprint density at radius 2 is 2.00 bits per heavy atom. The number of para-hydroxylation sites is 1. The summed E-state index contributed by atoms with van der Waals surface area (Å²) in [6, 6.07) is 15.3. The van der Waals surface area contributed by atoms with Crippen LogP contribution in [0.2, 0.25) is 0 Å². The maximum Gasteiger partial charge on any atom is 0.262 e. The molecule has 0 aliphatic carbocycles. The van der Waals surface area contributed by atoms with Crippen LogP contribution in [0.15, 0.2) is 53.0 Å². The van der Waals surface area contributed by atoms with Crippen molar-refractivity contribution >= 4 is 27.5 Å². The van der Waals surface area contributed by atoms with Gasteiger partial charge < -0.3 is 10.1 Å². The van der Waals surface area contributed by atoms with Gasteiger partial charge in [-0.05, 0) is 42.2 Å². The molecule has 0 unspecified atom stereocenters. The molecule has 0 radical (unpaired) electrons. The number of carbonyl (C=O) groups is 1. The monoisotopic (exact) mass is 361 g/mol. The number of halogens is 1. The van der Waals surface area contributed by atoms with Crippen LogP contribution in [0.4, 0.5) is 5.69 Å². The van der Waals surface area contributed by atoms with E-state index in [0.717, 1.165) is 22.1 Å². The first-order valence-corrected chi connectivity index (χ1v) is 8.16. The second-order valence-corrected chi connectivity index (χ2v) is 6.11.